The number of nitrogens with zero attached hydrogens (tertiary/aromatic N) is 1. The smallest absolute Gasteiger partial charge is 0.112 e. The SMILES string of the molecule is O[C@]12c3ccccc3C1CCC[C@H]2N1CCOCC1. The molecule has 0 radical (unpaired) electrons. The van der Waals surface area contributed by atoms with Crippen LogP contribution in [-0.2, 0) is 10.3 Å². The summed E-state index contributed by atoms with van der Waals surface area (Å²) in [5.74, 6) is 0.352. The summed E-state index contributed by atoms with van der Waals surface area (Å²) in [6, 6.07) is 8.74. The fraction of sp³-hybridized carbons (Fsp3) is 0.625. The van der Waals surface area contributed by atoms with Crippen molar-refractivity contribution in [3.05, 3.63) is 35.4 Å². The van der Waals surface area contributed by atoms with Gasteiger partial charge in [0.25, 0.3) is 0 Å². The molecule has 0 aromatic heterocycles. The molecule has 1 saturated heterocycles. The van der Waals surface area contributed by atoms with E-state index in [9.17, 15) is 5.11 Å². The zero-order chi connectivity index (χ0) is 12.9. The Morgan fingerprint density at radius 2 is 1.95 bits per heavy atom. The van der Waals surface area contributed by atoms with Crippen LogP contribution in [0.3, 0.4) is 0 Å². The Morgan fingerprint density at radius 1 is 1.16 bits per heavy atom. The Balaban J connectivity index is 1.70. The van der Waals surface area contributed by atoms with E-state index in [0.717, 1.165) is 39.1 Å². The van der Waals surface area contributed by atoms with Crippen LogP contribution in [0, 0.1) is 0 Å². The second-order valence-corrected chi connectivity index (χ2v) is 6.06. The first-order valence-corrected chi connectivity index (χ1v) is 7.45. The molecule has 3 atom stereocenters. The molecular weight excluding hydrogens is 238 g/mol. The number of rotatable bonds is 1. The first-order valence-electron chi connectivity index (χ1n) is 7.45. The number of morpholine rings is 1. The van der Waals surface area contributed by atoms with Gasteiger partial charge in [0, 0.05) is 25.0 Å². The average Bonchev–Trinajstić information content (AvgIpc) is 2.47. The maximum atomic E-state index is 11.3. The maximum absolute atomic E-state index is 11.3. The molecule has 0 spiro atoms. The summed E-state index contributed by atoms with van der Waals surface area (Å²) in [5.41, 5.74) is 1.95. The van der Waals surface area contributed by atoms with Crippen LogP contribution in [-0.4, -0.2) is 42.4 Å². The average molecular weight is 259 g/mol. The zero-order valence-corrected chi connectivity index (χ0v) is 11.2. The van der Waals surface area contributed by atoms with Gasteiger partial charge in [-0.1, -0.05) is 30.7 Å². The van der Waals surface area contributed by atoms with Gasteiger partial charge in [0.1, 0.15) is 5.60 Å². The van der Waals surface area contributed by atoms with E-state index in [0.29, 0.717) is 5.92 Å². The molecule has 2 fully saturated rings. The summed E-state index contributed by atoms with van der Waals surface area (Å²) in [4.78, 5) is 2.45. The normalized spacial score (nSPS) is 38.2. The Labute approximate surface area is 114 Å². The minimum Gasteiger partial charge on any atom is -0.383 e. The molecule has 0 bridgehead atoms. The molecule has 3 aliphatic rings. The lowest BCUT2D eigenvalue weighted by Crippen LogP contribution is -2.62. The molecule has 3 heteroatoms. The minimum absolute atomic E-state index is 0.282. The maximum Gasteiger partial charge on any atom is 0.112 e. The Bertz CT molecular complexity index is 483. The molecule has 19 heavy (non-hydrogen) atoms. The highest BCUT2D eigenvalue weighted by Gasteiger charge is 2.58. The van der Waals surface area contributed by atoms with Crippen molar-refractivity contribution in [2.45, 2.75) is 36.8 Å². The van der Waals surface area contributed by atoms with Gasteiger partial charge in [-0.3, -0.25) is 4.90 Å². The van der Waals surface area contributed by atoms with Gasteiger partial charge in [0.2, 0.25) is 0 Å². The molecule has 1 saturated carbocycles. The lowest BCUT2D eigenvalue weighted by atomic mass is 9.55. The van der Waals surface area contributed by atoms with Crippen molar-refractivity contribution in [1.29, 1.82) is 0 Å². The van der Waals surface area contributed by atoms with Crippen molar-refractivity contribution in [2.75, 3.05) is 26.3 Å². The Hall–Kier alpha value is -0.900. The van der Waals surface area contributed by atoms with Crippen LogP contribution in [0.15, 0.2) is 24.3 Å². The molecule has 2 aliphatic carbocycles. The van der Waals surface area contributed by atoms with Crippen molar-refractivity contribution in [3.8, 4) is 0 Å². The van der Waals surface area contributed by atoms with Crippen molar-refractivity contribution in [2.24, 2.45) is 0 Å². The quantitative estimate of drug-likeness (QED) is 0.835. The minimum atomic E-state index is -0.605. The van der Waals surface area contributed by atoms with E-state index in [2.05, 4.69) is 29.2 Å². The van der Waals surface area contributed by atoms with Crippen molar-refractivity contribution >= 4 is 0 Å². The van der Waals surface area contributed by atoms with E-state index < -0.39 is 5.60 Å². The van der Waals surface area contributed by atoms with Gasteiger partial charge >= 0.3 is 0 Å². The molecule has 3 nitrogen and oxygen atoms in total. The van der Waals surface area contributed by atoms with E-state index in [4.69, 9.17) is 4.74 Å². The van der Waals surface area contributed by atoms with Crippen LogP contribution < -0.4 is 0 Å². The summed E-state index contributed by atoms with van der Waals surface area (Å²) in [5, 5.41) is 11.3. The van der Waals surface area contributed by atoms with E-state index in [1.807, 2.05) is 0 Å². The van der Waals surface area contributed by atoms with Gasteiger partial charge in [-0.25, -0.2) is 0 Å². The predicted molar refractivity (Wildman–Crippen MR) is 73.1 cm³/mol. The summed E-state index contributed by atoms with van der Waals surface area (Å²) in [6.45, 7) is 3.53. The first-order chi connectivity index (χ1) is 9.32. The molecule has 102 valence electrons. The van der Waals surface area contributed by atoms with Gasteiger partial charge in [0.05, 0.1) is 13.2 Å². The van der Waals surface area contributed by atoms with E-state index >= 15 is 0 Å². The van der Waals surface area contributed by atoms with Crippen LogP contribution in [0.5, 0.6) is 0 Å². The van der Waals surface area contributed by atoms with Crippen LogP contribution in [0.1, 0.15) is 36.3 Å². The second-order valence-electron chi connectivity index (χ2n) is 6.06. The molecule has 4 rings (SSSR count). The highest BCUT2D eigenvalue weighted by atomic mass is 16.5. The summed E-state index contributed by atoms with van der Waals surface area (Å²) in [6.07, 6.45) is 3.47. The third-order valence-electron chi connectivity index (χ3n) is 5.26. The molecule has 1 aromatic rings. The Kier molecular flexibility index (Phi) is 2.69. The highest BCUT2D eigenvalue weighted by molar-refractivity contribution is 5.49. The number of fused-ring (bicyclic) bond motifs is 4. The van der Waals surface area contributed by atoms with E-state index in [1.54, 1.807) is 0 Å². The second kappa shape index (κ2) is 4.30. The Morgan fingerprint density at radius 3 is 2.79 bits per heavy atom. The van der Waals surface area contributed by atoms with Crippen LogP contribution >= 0.6 is 0 Å². The third kappa shape index (κ3) is 1.55. The summed E-state index contributed by atoms with van der Waals surface area (Å²) in [7, 11) is 0. The van der Waals surface area contributed by atoms with Crippen molar-refractivity contribution < 1.29 is 9.84 Å². The molecule has 1 unspecified atom stereocenters. The number of aliphatic hydroxyl groups is 1. The number of hydrogen-bond donors (Lipinski definition) is 1. The van der Waals surface area contributed by atoms with Gasteiger partial charge in [-0.05, 0) is 24.0 Å². The zero-order valence-electron chi connectivity index (χ0n) is 11.2. The molecular formula is C16H21NO2. The summed E-state index contributed by atoms with van der Waals surface area (Å²) < 4.78 is 5.45. The molecule has 1 aliphatic heterocycles. The number of benzene rings is 1. The van der Waals surface area contributed by atoms with Crippen LogP contribution in [0.2, 0.25) is 0 Å². The fourth-order valence-corrected chi connectivity index (χ4v) is 4.39. The van der Waals surface area contributed by atoms with Gasteiger partial charge in [0.15, 0.2) is 0 Å². The molecule has 1 N–H and O–H groups in total. The number of ether oxygens (including phenoxy) is 1. The van der Waals surface area contributed by atoms with Crippen LogP contribution in [0.25, 0.3) is 0 Å². The molecule has 1 aromatic carbocycles. The monoisotopic (exact) mass is 259 g/mol. The lowest BCUT2D eigenvalue weighted by molar-refractivity contribution is -0.132. The van der Waals surface area contributed by atoms with Gasteiger partial charge in [-0.15, -0.1) is 0 Å². The van der Waals surface area contributed by atoms with Crippen molar-refractivity contribution in [3.63, 3.8) is 0 Å². The predicted octanol–water partition coefficient (Wildman–Crippen LogP) is 1.86. The van der Waals surface area contributed by atoms with Gasteiger partial charge in [-0.2, -0.15) is 0 Å². The third-order valence-corrected chi connectivity index (χ3v) is 5.26. The summed E-state index contributed by atoms with van der Waals surface area (Å²) >= 11 is 0. The van der Waals surface area contributed by atoms with E-state index in [-0.39, 0.29) is 6.04 Å². The largest absolute Gasteiger partial charge is 0.383 e. The lowest BCUT2D eigenvalue weighted by Gasteiger charge is -2.58. The van der Waals surface area contributed by atoms with Gasteiger partial charge < -0.3 is 9.84 Å². The van der Waals surface area contributed by atoms with Crippen LogP contribution in [0.4, 0.5) is 0 Å². The number of hydrogen-bond acceptors (Lipinski definition) is 3. The highest BCUT2D eigenvalue weighted by Crippen LogP contribution is 2.58. The standard InChI is InChI=1S/C16H21NO2/c18-16-13-5-2-1-4-12(13)14(16)6-3-7-15(16)17-8-10-19-11-9-17/h1-2,4-5,14-15,18H,3,6-11H2/t14?,15-,16-/m1/s1. The fourth-order valence-electron chi connectivity index (χ4n) is 4.39. The first kappa shape index (κ1) is 11.9. The topological polar surface area (TPSA) is 32.7 Å². The molecule has 0 amide bonds. The van der Waals surface area contributed by atoms with E-state index in [1.165, 1.54) is 17.5 Å². The molecule has 1 heterocycles. The van der Waals surface area contributed by atoms with Crippen molar-refractivity contribution in [1.82, 2.24) is 4.90 Å².